The summed E-state index contributed by atoms with van der Waals surface area (Å²) in [6.07, 6.45) is 1.93. The molecule has 0 radical (unpaired) electrons. The third-order valence-electron chi connectivity index (χ3n) is 8.33. The smallest absolute Gasteiger partial charge is 0.413 e. The summed E-state index contributed by atoms with van der Waals surface area (Å²) in [6, 6.07) is 18.6. The lowest BCUT2D eigenvalue weighted by molar-refractivity contribution is 0.259. The third-order valence-corrected chi connectivity index (χ3v) is 29.4. The lowest BCUT2D eigenvalue weighted by Crippen LogP contribution is -2.70. The van der Waals surface area contributed by atoms with Gasteiger partial charge in [0.2, 0.25) is 0 Å². The molecule has 1 aromatic rings. The van der Waals surface area contributed by atoms with Gasteiger partial charge in [-0.25, -0.2) is 0 Å². The largest absolute Gasteiger partial charge is 0.505 e. The van der Waals surface area contributed by atoms with Crippen molar-refractivity contribution >= 4 is 45.0 Å². The Kier molecular flexibility index (Phi) is 12.8. The second-order valence-corrected chi connectivity index (χ2v) is 27.0. The number of rotatable bonds is 17. The van der Waals surface area contributed by atoms with Gasteiger partial charge in [-0.15, -0.1) is 0 Å². The Hall–Kier alpha value is -0.292. The topological polar surface area (TPSA) is 27.7 Å². The molecule has 7 heteroatoms. The van der Waals surface area contributed by atoms with Gasteiger partial charge in [-0.3, -0.25) is 0 Å². The van der Waals surface area contributed by atoms with Gasteiger partial charge in [-0.05, 0) is 66.0 Å². The van der Waals surface area contributed by atoms with Gasteiger partial charge in [0.1, 0.15) is 0 Å². The van der Waals surface area contributed by atoms with Crippen LogP contribution in [0.15, 0.2) is 30.8 Å². The minimum Gasteiger partial charge on any atom is -0.413 e. The zero-order chi connectivity index (χ0) is 25.2. The van der Waals surface area contributed by atoms with Crippen LogP contribution in [-0.2, 0) is 12.3 Å². The van der Waals surface area contributed by atoms with Crippen LogP contribution < -0.4 is 5.19 Å². The fourth-order valence-electron chi connectivity index (χ4n) is 4.85. The van der Waals surface area contributed by atoms with Crippen molar-refractivity contribution in [2.75, 3.05) is 0 Å². The summed E-state index contributed by atoms with van der Waals surface area (Å²) in [5.74, 6) is 0. The van der Waals surface area contributed by atoms with Crippen molar-refractivity contribution < 1.29 is 12.3 Å². The summed E-state index contributed by atoms with van der Waals surface area (Å²) in [6.45, 7) is 24.9. The number of benzene rings is 1. The van der Waals surface area contributed by atoms with Gasteiger partial charge < -0.3 is 12.3 Å². The van der Waals surface area contributed by atoms with Crippen LogP contribution in [0.3, 0.4) is 0 Å². The Morgan fingerprint density at radius 1 is 0.606 bits per heavy atom. The van der Waals surface area contributed by atoms with E-state index in [0.717, 1.165) is 65.1 Å². The number of hydrogen-bond acceptors (Lipinski definition) is 3. The lowest BCUT2D eigenvalue weighted by atomic mass is 10.2. The highest BCUT2D eigenvalue weighted by Crippen LogP contribution is 2.36. The van der Waals surface area contributed by atoms with Gasteiger partial charge in [0.05, 0.1) is 0 Å². The molecule has 0 aromatic heterocycles. The molecular formula is C26H52O3Si4. The lowest BCUT2D eigenvalue weighted by Gasteiger charge is -2.48. The van der Waals surface area contributed by atoms with Crippen molar-refractivity contribution in [3.05, 3.63) is 36.4 Å². The maximum atomic E-state index is 7.55. The first-order valence-electron chi connectivity index (χ1n) is 13.5. The Labute approximate surface area is 210 Å². The van der Waals surface area contributed by atoms with Crippen molar-refractivity contribution in [1.82, 2.24) is 0 Å². The summed E-state index contributed by atoms with van der Waals surface area (Å²) >= 11 is 0. The number of hydrogen-bond donors (Lipinski definition) is 0. The summed E-state index contributed by atoms with van der Waals surface area (Å²) in [7, 11) is -9.20. The summed E-state index contributed by atoms with van der Waals surface area (Å²) in [5, 5.41) is 1.16. The monoisotopic (exact) mass is 524 g/mol. The van der Waals surface area contributed by atoms with E-state index < -0.39 is 33.8 Å². The molecule has 0 fully saturated rings. The Morgan fingerprint density at radius 3 is 1.21 bits per heavy atom. The van der Waals surface area contributed by atoms with Gasteiger partial charge >= 0.3 is 8.80 Å². The first kappa shape index (κ1) is 30.7. The molecule has 0 aliphatic heterocycles. The second kappa shape index (κ2) is 13.7. The minimum atomic E-state index is -3.18. The van der Waals surface area contributed by atoms with Crippen LogP contribution >= 0.6 is 0 Å². The minimum absolute atomic E-state index is 1.10. The molecule has 3 nitrogen and oxygen atoms in total. The molecule has 0 aliphatic carbocycles. The zero-order valence-electron chi connectivity index (χ0n) is 23.2. The van der Waals surface area contributed by atoms with Crippen LogP contribution in [0.2, 0.25) is 54.4 Å². The van der Waals surface area contributed by atoms with Crippen LogP contribution in [0.4, 0.5) is 0 Å². The highest BCUT2D eigenvalue weighted by atomic mass is 28.5. The molecule has 1 rings (SSSR count). The van der Waals surface area contributed by atoms with Crippen LogP contribution in [-0.4, -0.2) is 33.8 Å². The summed E-state index contributed by atoms with van der Waals surface area (Å²) < 4.78 is 22.6. The molecule has 0 saturated heterocycles. The van der Waals surface area contributed by atoms with Gasteiger partial charge in [0.15, 0.2) is 25.0 Å². The highest BCUT2D eigenvalue weighted by molar-refractivity contribution is 6.97. The molecule has 190 valence electrons. The quantitative estimate of drug-likeness (QED) is 0.191. The van der Waals surface area contributed by atoms with Crippen LogP contribution in [0, 0.1) is 0 Å². The van der Waals surface area contributed by atoms with E-state index in [4.69, 9.17) is 12.3 Å². The zero-order valence-corrected chi connectivity index (χ0v) is 27.2. The predicted molar refractivity (Wildman–Crippen MR) is 157 cm³/mol. The SMILES string of the molecule is C=Cc1cccc([Si](O[Si](CC)(CC)CC)(O[Si](CC)(CC)CC)O[Si](CC)(CC)CC)c1. The van der Waals surface area contributed by atoms with Crippen molar-refractivity contribution in [2.24, 2.45) is 0 Å². The summed E-state index contributed by atoms with van der Waals surface area (Å²) in [4.78, 5) is 0. The van der Waals surface area contributed by atoms with E-state index in [2.05, 4.69) is 93.2 Å². The molecule has 33 heavy (non-hydrogen) atoms. The molecule has 0 N–H and O–H groups in total. The van der Waals surface area contributed by atoms with Crippen molar-refractivity contribution in [3.8, 4) is 0 Å². The standard InChI is InChI=1S/C26H52O3Si4/c1-11-25-22-21-23-26(24-25)33(27-30(12-2,13-3)14-4,28-31(15-5,16-6)17-7)29-32(18-8,19-9)20-10/h11,21-24H,1,12-20H2,2-10H3. The molecule has 1 aromatic carbocycles. The molecule has 0 amide bonds. The predicted octanol–water partition coefficient (Wildman–Crippen LogP) is 8.54. The van der Waals surface area contributed by atoms with E-state index in [-0.39, 0.29) is 0 Å². The molecule has 0 atom stereocenters. The average molecular weight is 525 g/mol. The molecule has 0 spiro atoms. The normalized spacial score (nSPS) is 13.4. The second-order valence-electron chi connectivity index (χ2n) is 9.42. The van der Waals surface area contributed by atoms with E-state index in [9.17, 15) is 0 Å². The maximum absolute atomic E-state index is 7.55. The van der Waals surface area contributed by atoms with E-state index in [1.807, 2.05) is 6.08 Å². The average Bonchev–Trinajstić information content (AvgIpc) is 2.89. The Morgan fingerprint density at radius 2 is 0.939 bits per heavy atom. The molecule has 0 heterocycles. The van der Waals surface area contributed by atoms with E-state index in [1.165, 1.54) is 0 Å². The van der Waals surface area contributed by atoms with E-state index in [0.29, 0.717) is 0 Å². The Bertz CT molecular complexity index is 633. The molecule has 0 saturated carbocycles. The van der Waals surface area contributed by atoms with Crippen LogP contribution in [0.25, 0.3) is 6.08 Å². The first-order chi connectivity index (χ1) is 15.7. The van der Waals surface area contributed by atoms with Gasteiger partial charge in [0, 0.05) is 5.19 Å². The fraction of sp³-hybridized carbons (Fsp3) is 0.692. The first-order valence-corrected chi connectivity index (χ1v) is 22.9. The van der Waals surface area contributed by atoms with Crippen molar-refractivity contribution in [2.45, 2.75) is 117 Å². The highest BCUT2D eigenvalue weighted by Gasteiger charge is 2.56. The van der Waals surface area contributed by atoms with Gasteiger partial charge in [-0.1, -0.05) is 93.2 Å². The van der Waals surface area contributed by atoms with Gasteiger partial charge in [-0.2, -0.15) is 0 Å². The maximum Gasteiger partial charge on any atom is 0.505 e. The molecule has 0 unspecified atom stereocenters. The molecular weight excluding hydrogens is 473 g/mol. The van der Waals surface area contributed by atoms with Crippen LogP contribution in [0.1, 0.15) is 67.9 Å². The summed E-state index contributed by atoms with van der Waals surface area (Å²) in [5.41, 5.74) is 1.12. The van der Waals surface area contributed by atoms with Crippen LogP contribution in [0.5, 0.6) is 0 Å². The fourth-order valence-corrected chi connectivity index (χ4v) is 25.1. The van der Waals surface area contributed by atoms with Gasteiger partial charge in [0.25, 0.3) is 0 Å². The van der Waals surface area contributed by atoms with E-state index in [1.54, 1.807) is 0 Å². The molecule has 0 bridgehead atoms. The van der Waals surface area contributed by atoms with E-state index >= 15 is 0 Å². The van der Waals surface area contributed by atoms with Crippen molar-refractivity contribution in [3.63, 3.8) is 0 Å². The molecule has 0 aliphatic rings. The third kappa shape index (κ3) is 7.12. The Balaban J connectivity index is 3.97. The van der Waals surface area contributed by atoms with Crippen molar-refractivity contribution in [1.29, 1.82) is 0 Å².